The van der Waals surface area contributed by atoms with Gasteiger partial charge in [0.2, 0.25) is 0 Å². The first kappa shape index (κ1) is 13.9. The zero-order valence-electron chi connectivity index (χ0n) is 11.4. The number of nitrogens with two attached hydrogens (primary N) is 1. The van der Waals surface area contributed by atoms with Crippen molar-refractivity contribution in [3.8, 4) is 0 Å². The van der Waals surface area contributed by atoms with E-state index in [9.17, 15) is 9.90 Å². The number of rotatable bonds is 3. The van der Waals surface area contributed by atoms with Crippen molar-refractivity contribution in [3.05, 3.63) is 29.8 Å². The number of nitrogens with one attached hydrogen (secondary N) is 1. The van der Waals surface area contributed by atoms with Gasteiger partial charge in [-0.3, -0.25) is 4.79 Å². The number of benzene rings is 1. The quantitative estimate of drug-likeness (QED) is 0.729. The Morgan fingerprint density at radius 1 is 1.53 bits per heavy atom. The third-order valence-electron chi connectivity index (χ3n) is 4.08. The first-order valence-electron chi connectivity index (χ1n) is 6.83. The molecule has 1 saturated carbocycles. The van der Waals surface area contributed by atoms with Crippen molar-refractivity contribution in [2.75, 3.05) is 12.3 Å². The lowest BCUT2D eigenvalue weighted by atomic mass is 9.73. The standard InChI is InChI=1S/C15H22N2O2/c1-15(8-3-2-7-13(15)18)10-17-14(19)11-5-4-6-12(16)9-11/h4-6,9,13,18H,2-3,7-8,10,16H2,1H3,(H,17,19). The van der Waals surface area contributed by atoms with Gasteiger partial charge in [0.15, 0.2) is 0 Å². The van der Waals surface area contributed by atoms with Gasteiger partial charge in [-0.15, -0.1) is 0 Å². The van der Waals surface area contributed by atoms with Crippen LogP contribution in [-0.4, -0.2) is 23.7 Å². The Morgan fingerprint density at radius 2 is 2.32 bits per heavy atom. The number of carbonyl (C=O) groups excluding carboxylic acids is 1. The van der Waals surface area contributed by atoms with E-state index in [4.69, 9.17) is 5.73 Å². The van der Waals surface area contributed by atoms with Gasteiger partial charge in [0.05, 0.1) is 6.10 Å². The average Bonchev–Trinajstić information content (AvgIpc) is 2.40. The molecule has 2 atom stereocenters. The summed E-state index contributed by atoms with van der Waals surface area (Å²) >= 11 is 0. The summed E-state index contributed by atoms with van der Waals surface area (Å²) in [5.74, 6) is -0.133. The number of aliphatic hydroxyl groups is 1. The Balaban J connectivity index is 1.96. The van der Waals surface area contributed by atoms with Crippen LogP contribution in [0.1, 0.15) is 43.0 Å². The Labute approximate surface area is 114 Å². The Hall–Kier alpha value is -1.55. The lowest BCUT2D eigenvalue weighted by Crippen LogP contribution is -2.45. The topological polar surface area (TPSA) is 75.4 Å². The monoisotopic (exact) mass is 262 g/mol. The third kappa shape index (κ3) is 3.26. The van der Waals surface area contributed by atoms with E-state index in [0.717, 1.165) is 25.7 Å². The van der Waals surface area contributed by atoms with Crippen molar-refractivity contribution in [1.29, 1.82) is 0 Å². The minimum atomic E-state index is -0.331. The summed E-state index contributed by atoms with van der Waals surface area (Å²) in [5, 5.41) is 13.0. The average molecular weight is 262 g/mol. The molecule has 2 unspecified atom stereocenters. The van der Waals surface area contributed by atoms with E-state index in [0.29, 0.717) is 17.8 Å². The van der Waals surface area contributed by atoms with Crippen LogP contribution in [0.15, 0.2) is 24.3 Å². The van der Waals surface area contributed by atoms with E-state index in [1.54, 1.807) is 24.3 Å². The molecular formula is C15H22N2O2. The predicted molar refractivity (Wildman–Crippen MR) is 75.8 cm³/mol. The van der Waals surface area contributed by atoms with Gasteiger partial charge in [-0.05, 0) is 31.0 Å². The minimum Gasteiger partial charge on any atom is -0.399 e. The molecule has 4 nitrogen and oxygen atoms in total. The molecule has 1 fully saturated rings. The number of amides is 1. The summed E-state index contributed by atoms with van der Waals surface area (Å²) in [6.45, 7) is 2.54. The third-order valence-corrected chi connectivity index (χ3v) is 4.08. The van der Waals surface area contributed by atoms with Gasteiger partial charge in [0, 0.05) is 23.2 Å². The molecule has 0 saturated heterocycles. The Morgan fingerprint density at radius 3 is 3.00 bits per heavy atom. The van der Waals surface area contributed by atoms with Crippen molar-refractivity contribution >= 4 is 11.6 Å². The largest absolute Gasteiger partial charge is 0.399 e. The molecule has 0 spiro atoms. The molecule has 1 aromatic carbocycles. The molecule has 19 heavy (non-hydrogen) atoms. The molecule has 1 amide bonds. The van der Waals surface area contributed by atoms with Crippen molar-refractivity contribution in [2.24, 2.45) is 5.41 Å². The predicted octanol–water partition coefficient (Wildman–Crippen LogP) is 1.94. The molecule has 1 aliphatic carbocycles. The molecule has 104 valence electrons. The summed E-state index contributed by atoms with van der Waals surface area (Å²) in [6.07, 6.45) is 3.62. The molecule has 0 radical (unpaired) electrons. The molecule has 0 heterocycles. The molecule has 2 rings (SSSR count). The summed E-state index contributed by atoms with van der Waals surface area (Å²) in [5.41, 5.74) is 6.59. The first-order chi connectivity index (χ1) is 9.01. The highest BCUT2D eigenvalue weighted by atomic mass is 16.3. The van der Waals surface area contributed by atoms with Crippen molar-refractivity contribution < 1.29 is 9.90 Å². The number of aliphatic hydroxyl groups excluding tert-OH is 1. The van der Waals surface area contributed by atoms with Crippen LogP contribution in [0.25, 0.3) is 0 Å². The summed E-state index contributed by atoms with van der Waals surface area (Å²) in [4.78, 5) is 12.0. The SMILES string of the molecule is CC1(CNC(=O)c2cccc(N)c2)CCCCC1O. The van der Waals surface area contributed by atoms with E-state index in [-0.39, 0.29) is 17.4 Å². The van der Waals surface area contributed by atoms with Crippen LogP contribution >= 0.6 is 0 Å². The summed E-state index contributed by atoms with van der Waals surface area (Å²) < 4.78 is 0. The van der Waals surface area contributed by atoms with Crippen LogP contribution in [0, 0.1) is 5.41 Å². The zero-order valence-corrected chi connectivity index (χ0v) is 11.4. The highest BCUT2D eigenvalue weighted by Gasteiger charge is 2.35. The van der Waals surface area contributed by atoms with E-state index < -0.39 is 0 Å². The molecule has 4 heteroatoms. The van der Waals surface area contributed by atoms with Gasteiger partial charge < -0.3 is 16.2 Å². The van der Waals surface area contributed by atoms with Gasteiger partial charge >= 0.3 is 0 Å². The van der Waals surface area contributed by atoms with Crippen molar-refractivity contribution in [1.82, 2.24) is 5.32 Å². The minimum absolute atomic E-state index is 0.133. The van der Waals surface area contributed by atoms with Crippen LogP contribution in [0.2, 0.25) is 0 Å². The molecule has 1 aliphatic rings. The number of anilines is 1. The molecule has 1 aromatic rings. The molecule has 0 aliphatic heterocycles. The van der Waals surface area contributed by atoms with Crippen molar-refractivity contribution in [2.45, 2.75) is 38.7 Å². The second-order valence-electron chi connectivity index (χ2n) is 5.72. The van der Waals surface area contributed by atoms with Crippen LogP contribution in [0.4, 0.5) is 5.69 Å². The maximum absolute atomic E-state index is 12.0. The van der Waals surface area contributed by atoms with Gasteiger partial charge in [0.25, 0.3) is 5.91 Å². The van der Waals surface area contributed by atoms with E-state index in [2.05, 4.69) is 5.32 Å². The second kappa shape index (κ2) is 5.61. The van der Waals surface area contributed by atoms with Gasteiger partial charge in [-0.25, -0.2) is 0 Å². The molecular weight excluding hydrogens is 240 g/mol. The van der Waals surface area contributed by atoms with Gasteiger partial charge in [0.1, 0.15) is 0 Å². The number of hydrogen-bond donors (Lipinski definition) is 3. The maximum atomic E-state index is 12.0. The lowest BCUT2D eigenvalue weighted by molar-refractivity contribution is 0.00190. The summed E-state index contributed by atoms with van der Waals surface area (Å²) in [7, 11) is 0. The number of carbonyl (C=O) groups is 1. The van der Waals surface area contributed by atoms with Gasteiger partial charge in [-0.2, -0.15) is 0 Å². The fourth-order valence-corrected chi connectivity index (χ4v) is 2.65. The number of nitrogen functional groups attached to an aromatic ring is 1. The maximum Gasteiger partial charge on any atom is 0.251 e. The Kier molecular flexibility index (Phi) is 4.10. The van der Waals surface area contributed by atoms with Crippen molar-refractivity contribution in [3.63, 3.8) is 0 Å². The lowest BCUT2D eigenvalue weighted by Gasteiger charge is -2.38. The fourth-order valence-electron chi connectivity index (χ4n) is 2.65. The second-order valence-corrected chi connectivity index (χ2v) is 5.72. The smallest absolute Gasteiger partial charge is 0.251 e. The van der Waals surface area contributed by atoms with Crippen LogP contribution in [-0.2, 0) is 0 Å². The van der Waals surface area contributed by atoms with E-state index in [1.165, 1.54) is 0 Å². The zero-order chi connectivity index (χ0) is 13.9. The fraction of sp³-hybridized carbons (Fsp3) is 0.533. The normalized spacial score (nSPS) is 26.9. The van der Waals surface area contributed by atoms with E-state index in [1.807, 2.05) is 6.92 Å². The van der Waals surface area contributed by atoms with Crippen LogP contribution in [0.3, 0.4) is 0 Å². The number of hydrogen-bond acceptors (Lipinski definition) is 3. The molecule has 4 N–H and O–H groups in total. The van der Waals surface area contributed by atoms with E-state index >= 15 is 0 Å². The molecule has 0 aromatic heterocycles. The van der Waals surface area contributed by atoms with Crippen LogP contribution < -0.4 is 11.1 Å². The molecule has 0 bridgehead atoms. The van der Waals surface area contributed by atoms with Gasteiger partial charge in [-0.1, -0.05) is 25.8 Å². The summed E-state index contributed by atoms with van der Waals surface area (Å²) in [6, 6.07) is 6.92. The highest BCUT2D eigenvalue weighted by Crippen LogP contribution is 2.35. The van der Waals surface area contributed by atoms with Crippen LogP contribution in [0.5, 0.6) is 0 Å². The highest BCUT2D eigenvalue weighted by molar-refractivity contribution is 5.95. The Bertz CT molecular complexity index is 461. The first-order valence-corrected chi connectivity index (χ1v) is 6.83.